The molecule has 22 heavy (non-hydrogen) atoms. The summed E-state index contributed by atoms with van der Waals surface area (Å²) in [5, 5.41) is 8.26. The summed E-state index contributed by atoms with van der Waals surface area (Å²) in [4.78, 5) is 23.7. The van der Waals surface area contributed by atoms with Crippen molar-refractivity contribution >= 4 is 16.9 Å². The molecule has 0 aliphatic heterocycles. The zero-order chi connectivity index (χ0) is 15.1. The summed E-state index contributed by atoms with van der Waals surface area (Å²) < 4.78 is 1.67. The molecule has 1 saturated carbocycles. The second-order valence-corrected chi connectivity index (χ2v) is 5.63. The number of carbonyl (C=O) groups excluding carboxylic acids is 1. The Morgan fingerprint density at radius 3 is 3.14 bits per heavy atom. The molecule has 1 aliphatic rings. The second-order valence-electron chi connectivity index (χ2n) is 5.63. The first-order chi connectivity index (χ1) is 10.7. The lowest BCUT2D eigenvalue weighted by molar-refractivity contribution is -0.124. The number of fused-ring (bicyclic) bond motifs is 1. The average molecular weight is 296 g/mol. The minimum absolute atomic E-state index is 0.00614. The first-order valence-electron chi connectivity index (χ1n) is 7.35. The number of aromatic nitrogens is 5. The number of nitrogens with zero attached hydrogens (tertiary/aromatic N) is 4. The third-order valence-corrected chi connectivity index (χ3v) is 3.93. The number of nitrogens with one attached hydrogen (secondary N) is 2. The van der Waals surface area contributed by atoms with Crippen LogP contribution in [-0.2, 0) is 4.79 Å². The van der Waals surface area contributed by atoms with Gasteiger partial charge in [-0.2, -0.15) is 5.10 Å². The molecular formula is C15H16N6O. The van der Waals surface area contributed by atoms with Crippen LogP contribution in [0.15, 0.2) is 31.0 Å². The lowest BCUT2D eigenvalue weighted by Gasteiger charge is -2.11. The summed E-state index contributed by atoms with van der Waals surface area (Å²) in [6, 6.07) is 1.95. The van der Waals surface area contributed by atoms with Crippen LogP contribution < -0.4 is 5.32 Å². The number of H-pyrrole nitrogens is 1. The fourth-order valence-corrected chi connectivity index (χ4v) is 2.44. The van der Waals surface area contributed by atoms with Crippen molar-refractivity contribution < 1.29 is 4.79 Å². The summed E-state index contributed by atoms with van der Waals surface area (Å²) in [6.45, 7) is 1.85. The highest BCUT2D eigenvalue weighted by Crippen LogP contribution is 2.25. The zero-order valence-corrected chi connectivity index (χ0v) is 12.2. The van der Waals surface area contributed by atoms with Gasteiger partial charge in [0.25, 0.3) is 0 Å². The van der Waals surface area contributed by atoms with Crippen molar-refractivity contribution in [2.75, 3.05) is 0 Å². The molecule has 0 aromatic carbocycles. The van der Waals surface area contributed by atoms with Gasteiger partial charge in [-0.3, -0.25) is 9.48 Å². The smallest absolute Gasteiger partial charge is 0.244 e. The molecule has 0 spiro atoms. The molecule has 3 aromatic heterocycles. The van der Waals surface area contributed by atoms with Crippen molar-refractivity contribution in [1.29, 1.82) is 0 Å². The van der Waals surface area contributed by atoms with Crippen molar-refractivity contribution in [3.63, 3.8) is 0 Å². The standard InChI is InChI=1S/C15H16N6O/c1-9(15(22)20-11-2-3-11)21-7-10(6-19-21)13-12-4-5-16-14(12)18-8-17-13/h4-9,11H,2-3H2,1H3,(H,20,22)(H,16,17,18). The van der Waals surface area contributed by atoms with Gasteiger partial charge in [0.2, 0.25) is 5.91 Å². The summed E-state index contributed by atoms with van der Waals surface area (Å²) in [5.41, 5.74) is 2.47. The Morgan fingerprint density at radius 1 is 1.45 bits per heavy atom. The Kier molecular flexibility index (Phi) is 2.92. The predicted molar refractivity (Wildman–Crippen MR) is 81.0 cm³/mol. The summed E-state index contributed by atoms with van der Waals surface area (Å²) in [7, 11) is 0. The van der Waals surface area contributed by atoms with Gasteiger partial charge in [0.05, 0.1) is 11.9 Å². The lowest BCUT2D eigenvalue weighted by Crippen LogP contribution is -2.32. The molecule has 0 bridgehead atoms. The average Bonchev–Trinajstić information content (AvgIpc) is 3.05. The summed E-state index contributed by atoms with van der Waals surface area (Å²) in [5.74, 6) is 0.00614. The van der Waals surface area contributed by atoms with E-state index in [4.69, 9.17) is 0 Å². The van der Waals surface area contributed by atoms with Gasteiger partial charge < -0.3 is 10.3 Å². The molecule has 0 radical (unpaired) electrons. The molecule has 7 heteroatoms. The van der Waals surface area contributed by atoms with Crippen LogP contribution in [0.3, 0.4) is 0 Å². The van der Waals surface area contributed by atoms with E-state index in [2.05, 4.69) is 25.4 Å². The second kappa shape index (κ2) is 4.94. The zero-order valence-electron chi connectivity index (χ0n) is 12.2. The van der Waals surface area contributed by atoms with Gasteiger partial charge in [-0.1, -0.05) is 0 Å². The molecule has 1 atom stereocenters. The number of hydrogen-bond donors (Lipinski definition) is 2. The van der Waals surface area contributed by atoms with Crippen molar-refractivity contribution in [2.24, 2.45) is 0 Å². The number of hydrogen-bond acceptors (Lipinski definition) is 4. The van der Waals surface area contributed by atoms with Crippen LogP contribution in [-0.4, -0.2) is 36.7 Å². The maximum Gasteiger partial charge on any atom is 0.244 e. The lowest BCUT2D eigenvalue weighted by atomic mass is 10.2. The van der Waals surface area contributed by atoms with Crippen LogP contribution in [0, 0.1) is 0 Å². The molecule has 7 nitrogen and oxygen atoms in total. The molecule has 1 fully saturated rings. The molecule has 3 aromatic rings. The molecule has 1 unspecified atom stereocenters. The molecule has 1 aliphatic carbocycles. The Balaban J connectivity index is 1.63. The Hall–Kier alpha value is -2.70. The van der Waals surface area contributed by atoms with E-state index in [1.165, 1.54) is 6.33 Å². The van der Waals surface area contributed by atoms with E-state index in [0.717, 1.165) is 35.1 Å². The molecular weight excluding hydrogens is 280 g/mol. The van der Waals surface area contributed by atoms with Crippen LogP contribution in [0.4, 0.5) is 0 Å². The van der Waals surface area contributed by atoms with Crippen LogP contribution in [0.1, 0.15) is 25.8 Å². The van der Waals surface area contributed by atoms with E-state index in [0.29, 0.717) is 6.04 Å². The maximum atomic E-state index is 12.1. The molecule has 4 rings (SSSR count). The van der Waals surface area contributed by atoms with Crippen molar-refractivity contribution in [3.8, 4) is 11.3 Å². The highest BCUT2D eigenvalue weighted by Gasteiger charge is 2.26. The van der Waals surface area contributed by atoms with E-state index in [9.17, 15) is 4.79 Å². The third-order valence-electron chi connectivity index (χ3n) is 3.93. The maximum absolute atomic E-state index is 12.1. The largest absolute Gasteiger partial charge is 0.352 e. The van der Waals surface area contributed by atoms with Crippen LogP contribution in [0.5, 0.6) is 0 Å². The Bertz CT molecular complexity index is 831. The summed E-state index contributed by atoms with van der Waals surface area (Å²) >= 11 is 0. The molecule has 2 N–H and O–H groups in total. The van der Waals surface area contributed by atoms with Crippen LogP contribution in [0.25, 0.3) is 22.3 Å². The third kappa shape index (κ3) is 2.24. The Morgan fingerprint density at radius 2 is 2.32 bits per heavy atom. The molecule has 1 amide bonds. The number of aromatic amines is 1. The van der Waals surface area contributed by atoms with Crippen LogP contribution in [0.2, 0.25) is 0 Å². The first-order valence-corrected chi connectivity index (χ1v) is 7.35. The highest BCUT2D eigenvalue weighted by molar-refractivity contribution is 5.90. The quantitative estimate of drug-likeness (QED) is 0.766. The van der Waals surface area contributed by atoms with Gasteiger partial charge in [-0.15, -0.1) is 0 Å². The van der Waals surface area contributed by atoms with Crippen molar-refractivity contribution in [2.45, 2.75) is 31.8 Å². The topological polar surface area (TPSA) is 88.5 Å². The van der Waals surface area contributed by atoms with E-state index in [1.54, 1.807) is 10.9 Å². The van der Waals surface area contributed by atoms with Crippen LogP contribution >= 0.6 is 0 Å². The fraction of sp³-hybridized carbons (Fsp3) is 0.333. The van der Waals surface area contributed by atoms with E-state index in [-0.39, 0.29) is 11.9 Å². The minimum atomic E-state index is -0.335. The first kappa shape index (κ1) is 13.0. The molecule has 112 valence electrons. The molecule has 3 heterocycles. The number of amides is 1. The van der Waals surface area contributed by atoms with Gasteiger partial charge in [0.1, 0.15) is 18.0 Å². The normalized spacial score (nSPS) is 15.9. The SMILES string of the molecule is CC(C(=O)NC1CC1)n1cc(-c2ncnc3[nH]ccc23)cn1. The molecule has 0 saturated heterocycles. The van der Waals surface area contributed by atoms with Gasteiger partial charge in [-0.05, 0) is 25.8 Å². The van der Waals surface area contributed by atoms with Crippen molar-refractivity contribution in [1.82, 2.24) is 30.0 Å². The Labute approximate surface area is 126 Å². The summed E-state index contributed by atoms with van der Waals surface area (Å²) in [6.07, 6.45) is 9.10. The monoisotopic (exact) mass is 296 g/mol. The van der Waals surface area contributed by atoms with Gasteiger partial charge in [-0.25, -0.2) is 9.97 Å². The number of carbonyl (C=O) groups is 1. The number of rotatable bonds is 4. The van der Waals surface area contributed by atoms with E-state index >= 15 is 0 Å². The fourth-order valence-electron chi connectivity index (χ4n) is 2.44. The van der Waals surface area contributed by atoms with Gasteiger partial charge in [0.15, 0.2) is 0 Å². The predicted octanol–water partition coefficient (Wildman–Crippen LogP) is 1.66. The van der Waals surface area contributed by atoms with Crippen molar-refractivity contribution in [3.05, 3.63) is 31.0 Å². The van der Waals surface area contributed by atoms with E-state index < -0.39 is 0 Å². The highest BCUT2D eigenvalue weighted by atomic mass is 16.2. The van der Waals surface area contributed by atoms with Gasteiger partial charge in [0, 0.05) is 29.4 Å². The minimum Gasteiger partial charge on any atom is -0.352 e. The van der Waals surface area contributed by atoms with E-state index in [1.807, 2.05) is 25.4 Å². The van der Waals surface area contributed by atoms with Gasteiger partial charge >= 0.3 is 0 Å².